The summed E-state index contributed by atoms with van der Waals surface area (Å²) < 4.78 is 21.2. The van der Waals surface area contributed by atoms with Crippen molar-refractivity contribution >= 4 is 32.4 Å². The maximum absolute atomic E-state index is 13.6. The van der Waals surface area contributed by atoms with Gasteiger partial charge in [0.25, 0.3) is 5.56 Å². The van der Waals surface area contributed by atoms with Crippen LogP contribution in [0, 0.1) is 11.7 Å². The summed E-state index contributed by atoms with van der Waals surface area (Å²) >= 11 is 3.32. The Labute approximate surface area is 141 Å². The molecule has 120 valence electrons. The second kappa shape index (κ2) is 5.83. The second-order valence-corrected chi connectivity index (χ2v) is 6.92. The molecule has 2 aromatic rings. The van der Waals surface area contributed by atoms with Gasteiger partial charge in [0.05, 0.1) is 10.9 Å². The molecule has 0 bridgehead atoms. The van der Waals surface area contributed by atoms with Crippen molar-refractivity contribution in [2.45, 2.75) is 25.8 Å². The number of rotatable bonds is 1. The van der Waals surface area contributed by atoms with Gasteiger partial charge in [-0.2, -0.15) is 0 Å². The lowest BCUT2D eigenvalue weighted by molar-refractivity contribution is 0.0786. The Balaban J connectivity index is 1.85. The lowest BCUT2D eigenvalue weighted by Gasteiger charge is -2.19. The number of ether oxygens (including phenoxy) is 1. The van der Waals surface area contributed by atoms with E-state index in [9.17, 15) is 9.18 Å². The molecule has 0 aliphatic carbocycles. The molecule has 3 heterocycles. The Kier molecular flexibility index (Phi) is 3.81. The van der Waals surface area contributed by atoms with Crippen LogP contribution in [0.25, 0.3) is 16.5 Å². The fourth-order valence-corrected chi connectivity index (χ4v) is 3.89. The number of allylic oxidation sites excluding steroid dienone is 2. The van der Waals surface area contributed by atoms with Crippen molar-refractivity contribution < 1.29 is 9.13 Å². The molecule has 1 aromatic heterocycles. The van der Waals surface area contributed by atoms with Gasteiger partial charge in [-0.15, -0.1) is 0 Å². The lowest BCUT2D eigenvalue weighted by atomic mass is 9.96. The van der Waals surface area contributed by atoms with E-state index in [1.54, 1.807) is 4.57 Å². The third kappa shape index (κ3) is 2.64. The molecule has 1 saturated heterocycles. The largest absolute Gasteiger partial charge is 0.381 e. The molecule has 4 rings (SSSR count). The van der Waals surface area contributed by atoms with Gasteiger partial charge in [-0.25, -0.2) is 9.37 Å². The van der Waals surface area contributed by atoms with Gasteiger partial charge < -0.3 is 4.74 Å². The lowest BCUT2D eigenvalue weighted by Crippen LogP contribution is -2.21. The summed E-state index contributed by atoms with van der Waals surface area (Å²) in [5, 5.41) is 0.327. The number of nitrogens with zero attached hydrogens (tertiary/aromatic N) is 2. The van der Waals surface area contributed by atoms with E-state index in [0.717, 1.165) is 43.9 Å². The van der Waals surface area contributed by atoms with Crippen LogP contribution in [0.3, 0.4) is 0 Å². The topological polar surface area (TPSA) is 44.1 Å². The Hall–Kier alpha value is -1.53. The molecule has 23 heavy (non-hydrogen) atoms. The molecule has 0 unspecified atom stereocenters. The first-order valence-electron chi connectivity index (χ1n) is 7.82. The number of halogens is 2. The quantitative estimate of drug-likeness (QED) is 0.762. The van der Waals surface area contributed by atoms with Crippen LogP contribution in [0.4, 0.5) is 4.39 Å². The molecule has 0 N–H and O–H groups in total. The Morgan fingerprint density at radius 1 is 1.35 bits per heavy atom. The van der Waals surface area contributed by atoms with Crippen LogP contribution < -0.4 is 5.56 Å². The van der Waals surface area contributed by atoms with E-state index in [4.69, 9.17) is 4.74 Å². The van der Waals surface area contributed by atoms with Gasteiger partial charge in [-0.05, 0) is 58.8 Å². The van der Waals surface area contributed by atoms with Crippen LogP contribution in [0.5, 0.6) is 0 Å². The summed E-state index contributed by atoms with van der Waals surface area (Å²) in [6, 6.07) is 2.62. The third-order valence-electron chi connectivity index (χ3n) is 4.57. The van der Waals surface area contributed by atoms with E-state index < -0.39 is 5.82 Å². The van der Waals surface area contributed by atoms with Gasteiger partial charge in [-0.3, -0.25) is 9.36 Å². The van der Waals surface area contributed by atoms with Gasteiger partial charge in [0, 0.05) is 24.2 Å². The number of hydrogen-bond acceptors (Lipinski definition) is 3. The number of hydrogen-bond donors (Lipinski definition) is 0. The molecule has 2 aliphatic heterocycles. The van der Waals surface area contributed by atoms with Crippen molar-refractivity contribution in [3.8, 4) is 0 Å². The minimum absolute atomic E-state index is 0.166. The highest BCUT2D eigenvalue weighted by molar-refractivity contribution is 9.10. The van der Waals surface area contributed by atoms with Crippen molar-refractivity contribution in [3.05, 3.63) is 44.7 Å². The fraction of sp³-hybridized carbons (Fsp3) is 0.412. The molecule has 2 aliphatic rings. The Morgan fingerprint density at radius 3 is 2.91 bits per heavy atom. The summed E-state index contributed by atoms with van der Waals surface area (Å²) in [6.07, 6.45) is 5.07. The Bertz CT molecular complexity index is 869. The van der Waals surface area contributed by atoms with E-state index >= 15 is 0 Å². The van der Waals surface area contributed by atoms with E-state index in [-0.39, 0.29) is 5.56 Å². The number of benzene rings is 1. The number of aromatic nitrogens is 2. The minimum Gasteiger partial charge on any atom is -0.381 e. The zero-order valence-electron chi connectivity index (χ0n) is 12.5. The molecule has 6 heteroatoms. The maximum Gasteiger partial charge on any atom is 0.261 e. The zero-order valence-corrected chi connectivity index (χ0v) is 14.1. The van der Waals surface area contributed by atoms with E-state index in [0.29, 0.717) is 27.8 Å². The Morgan fingerprint density at radius 2 is 2.13 bits per heavy atom. The second-order valence-electron chi connectivity index (χ2n) is 6.07. The maximum atomic E-state index is 13.6. The average Bonchev–Trinajstić information content (AvgIpc) is 2.93. The van der Waals surface area contributed by atoms with Crippen molar-refractivity contribution in [2.75, 3.05) is 13.2 Å². The first kappa shape index (κ1) is 15.0. The van der Waals surface area contributed by atoms with Crippen molar-refractivity contribution in [3.63, 3.8) is 0 Å². The van der Waals surface area contributed by atoms with Crippen LogP contribution in [-0.4, -0.2) is 22.8 Å². The molecule has 0 saturated carbocycles. The highest BCUT2D eigenvalue weighted by Gasteiger charge is 2.23. The van der Waals surface area contributed by atoms with Crippen molar-refractivity contribution in [1.29, 1.82) is 0 Å². The summed E-state index contributed by atoms with van der Waals surface area (Å²) in [4.78, 5) is 17.3. The van der Waals surface area contributed by atoms with Gasteiger partial charge in [0.15, 0.2) is 0 Å². The minimum atomic E-state index is -0.431. The molecule has 0 amide bonds. The van der Waals surface area contributed by atoms with Crippen LogP contribution in [-0.2, 0) is 11.3 Å². The molecule has 1 fully saturated rings. The van der Waals surface area contributed by atoms with Gasteiger partial charge in [-0.1, -0.05) is 6.08 Å². The molecule has 0 atom stereocenters. The van der Waals surface area contributed by atoms with Crippen molar-refractivity contribution in [1.82, 2.24) is 9.55 Å². The molecule has 0 spiro atoms. The summed E-state index contributed by atoms with van der Waals surface area (Å²) in [7, 11) is 0. The highest BCUT2D eigenvalue weighted by atomic mass is 79.9. The average molecular weight is 379 g/mol. The molecular weight excluding hydrogens is 363 g/mol. The number of fused-ring (bicyclic) bond motifs is 2. The first-order valence-corrected chi connectivity index (χ1v) is 8.61. The standard InChI is InChI=1S/C17H16BrFN2O2/c18-14-9-12(19)8-13-15(14)20-16-11(1-4-21(16)17(13)22)7-10-2-5-23-6-3-10/h7-10H,1-6H2. The van der Waals surface area contributed by atoms with Gasteiger partial charge in [0.2, 0.25) is 0 Å². The summed E-state index contributed by atoms with van der Waals surface area (Å²) in [5.74, 6) is 0.774. The van der Waals surface area contributed by atoms with Crippen molar-refractivity contribution in [2.24, 2.45) is 5.92 Å². The monoisotopic (exact) mass is 378 g/mol. The van der Waals surface area contributed by atoms with Gasteiger partial charge in [0.1, 0.15) is 11.6 Å². The first-order chi connectivity index (χ1) is 11.1. The normalized spacial score (nSPS) is 20.3. The third-order valence-corrected chi connectivity index (χ3v) is 5.18. The summed E-state index contributed by atoms with van der Waals surface area (Å²) in [6.45, 7) is 2.19. The molecule has 0 radical (unpaired) electrons. The fourth-order valence-electron chi connectivity index (χ4n) is 3.37. The predicted octanol–water partition coefficient (Wildman–Crippen LogP) is 3.51. The summed E-state index contributed by atoms with van der Waals surface area (Å²) in [5.41, 5.74) is 1.48. The van der Waals surface area contributed by atoms with E-state index in [1.165, 1.54) is 12.1 Å². The highest BCUT2D eigenvalue weighted by Crippen LogP contribution is 2.31. The van der Waals surface area contributed by atoms with Gasteiger partial charge >= 0.3 is 0 Å². The molecule has 1 aromatic carbocycles. The molecule has 4 nitrogen and oxygen atoms in total. The molecular formula is C17H16BrFN2O2. The SMILES string of the molecule is O=c1c2cc(F)cc(Br)c2nc2n1CCC2=CC1CCOCC1. The van der Waals surface area contributed by atoms with Crippen LogP contribution in [0.15, 0.2) is 27.5 Å². The van der Waals surface area contributed by atoms with E-state index in [1.807, 2.05) is 0 Å². The smallest absolute Gasteiger partial charge is 0.261 e. The van der Waals surface area contributed by atoms with Crippen LogP contribution in [0.1, 0.15) is 25.1 Å². The van der Waals surface area contributed by atoms with E-state index in [2.05, 4.69) is 27.0 Å². The predicted molar refractivity (Wildman–Crippen MR) is 89.8 cm³/mol. The zero-order chi connectivity index (χ0) is 16.0. The van der Waals surface area contributed by atoms with Crippen LogP contribution in [0.2, 0.25) is 0 Å². The van der Waals surface area contributed by atoms with Crippen LogP contribution >= 0.6 is 15.9 Å².